The van der Waals surface area contributed by atoms with Gasteiger partial charge in [0.25, 0.3) is 0 Å². The number of quaternary nitrogens is 1. The molecule has 2 unspecified atom stereocenters. The molecule has 2 atom stereocenters. The maximum atomic E-state index is 12.6. The number of carbonyl (C=O) groups is 3. The van der Waals surface area contributed by atoms with Gasteiger partial charge in [0.05, 0.1) is 40.8 Å². The van der Waals surface area contributed by atoms with Crippen molar-refractivity contribution in [2.45, 2.75) is 135 Å². The van der Waals surface area contributed by atoms with Crippen molar-refractivity contribution in [1.29, 1.82) is 0 Å². The number of esters is 2. The maximum absolute atomic E-state index is 12.6. The van der Waals surface area contributed by atoms with Crippen LogP contribution in [0.3, 0.4) is 0 Å². The number of ether oxygens (including phenoxy) is 3. The van der Waals surface area contributed by atoms with Gasteiger partial charge in [0.1, 0.15) is 6.61 Å². The van der Waals surface area contributed by atoms with E-state index in [0.29, 0.717) is 19.3 Å². The van der Waals surface area contributed by atoms with E-state index < -0.39 is 24.1 Å². The van der Waals surface area contributed by atoms with Crippen LogP contribution < -0.4 is 0 Å². The Morgan fingerprint density at radius 2 is 1.13 bits per heavy atom. The van der Waals surface area contributed by atoms with Gasteiger partial charge in [-0.3, -0.25) is 9.59 Å². The Hall–Kier alpha value is -3.49. The molecule has 52 heavy (non-hydrogen) atoms. The van der Waals surface area contributed by atoms with E-state index in [1.54, 1.807) is 6.08 Å². The van der Waals surface area contributed by atoms with Gasteiger partial charge in [-0.2, -0.15) is 0 Å². The number of likely N-dealkylation sites (N-methyl/N-ethyl adjacent to an activating group) is 1. The molecule has 8 nitrogen and oxygen atoms in total. The first-order valence-electron chi connectivity index (χ1n) is 19.6. The molecule has 0 rings (SSSR count). The minimum absolute atomic E-state index is 0.0115. The first kappa shape index (κ1) is 48.5. The molecule has 0 heterocycles. The Morgan fingerprint density at radius 3 is 1.69 bits per heavy atom. The zero-order valence-corrected chi connectivity index (χ0v) is 33.2. The van der Waals surface area contributed by atoms with E-state index in [0.717, 1.165) is 77.0 Å². The van der Waals surface area contributed by atoms with Crippen LogP contribution in [0.1, 0.15) is 123 Å². The van der Waals surface area contributed by atoms with Gasteiger partial charge < -0.3 is 23.8 Å². The average Bonchev–Trinajstić information content (AvgIpc) is 3.09. The number of carbonyl (C=O) groups excluding carboxylic acids is 2. The number of nitrogens with zero attached hydrogens (tertiary/aromatic N) is 1. The van der Waals surface area contributed by atoms with Gasteiger partial charge in [0, 0.05) is 12.8 Å². The van der Waals surface area contributed by atoms with E-state index in [1.165, 1.54) is 6.42 Å². The average molecular weight is 727 g/mol. The fraction of sp³-hybridized carbons (Fsp3) is 0.614. The van der Waals surface area contributed by atoms with Crippen LogP contribution in [0, 0.1) is 0 Å². The van der Waals surface area contributed by atoms with Gasteiger partial charge in [-0.05, 0) is 64.2 Å². The molecule has 0 aromatic rings. The fourth-order valence-electron chi connectivity index (χ4n) is 5.03. The van der Waals surface area contributed by atoms with E-state index in [2.05, 4.69) is 86.8 Å². The minimum atomic E-state index is -0.896. The molecule has 0 saturated carbocycles. The molecule has 0 aromatic heterocycles. The zero-order chi connectivity index (χ0) is 38.5. The largest absolute Gasteiger partial charge is 0.477 e. The third-order valence-corrected chi connectivity index (χ3v) is 8.04. The summed E-state index contributed by atoms with van der Waals surface area (Å²) in [6, 6.07) is -0.636. The predicted molar refractivity (Wildman–Crippen MR) is 215 cm³/mol. The summed E-state index contributed by atoms with van der Waals surface area (Å²) in [4.78, 5) is 36.8. The smallest absolute Gasteiger partial charge is 0.362 e. The highest BCUT2D eigenvalue weighted by atomic mass is 16.6. The number of unbranched alkanes of at least 4 members (excludes halogenated alkanes) is 6. The number of allylic oxidation sites excluding steroid dienone is 13. The molecule has 0 bridgehead atoms. The van der Waals surface area contributed by atoms with Crippen LogP contribution in [0.25, 0.3) is 0 Å². The van der Waals surface area contributed by atoms with Crippen molar-refractivity contribution < 1.29 is 38.2 Å². The molecule has 0 aliphatic carbocycles. The Kier molecular flexibility index (Phi) is 32.3. The van der Waals surface area contributed by atoms with Crippen molar-refractivity contribution in [3.8, 4) is 0 Å². The summed E-state index contributed by atoms with van der Waals surface area (Å²) in [6.07, 6.45) is 43.7. The quantitative estimate of drug-likeness (QED) is 0.0311. The van der Waals surface area contributed by atoms with Gasteiger partial charge in [-0.25, -0.2) is 4.79 Å². The van der Waals surface area contributed by atoms with Crippen molar-refractivity contribution >= 4 is 17.9 Å². The summed E-state index contributed by atoms with van der Waals surface area (Å²) in [7, 11) is 5.47. The summed E-state index contributed by atoms with van der Waals surface area (Å²) in [5.74, 6) is -1.66. The second-order valence-electron chi connectivity index (χ2n) is 13.8. The lowest BCUT2D eigenvalue weighted by Crippen LogP contribution is -2.50. The second-order valence-corrected chi connectivity index (χ2v) is 13.8. The molecule has 0 aliphatic heterocycles. The fourth-order valence-corrected chi connectivity index (χ4v) is 5.03. The van der Waals surface area contributed by atoms with Gasteiger partial charge in [-0.15, -0.1) is 0 Å². The van der Waals surface area contributed by atoms with E-state index in [4.69, 9.17) is 14.2 Å². The van der Waals surface area contributed by atoms with Crippen LogP contribution in [-0.4, -0.2) is 80.6 Å². The number of hydrogen-bond acceptors (Lipinski definition) is 6. The summed E-state index contributed by atoms with van der Waals surface area (Å²) in [5, 5.41) is 9.59. The van der Waals surface area contributed by atoms with Crippen LogP contribution >= 0.6 is 0 Å². The van der Waals surface area contributed by atoms with E-state index in [-0.39, 0.29) is 36.7 Å². The zero-order valence-electron chi connectivity index (χ0n) is 33.2. The minimum Gasteiger partial charge on any atom is -0.477 e. The standard InChI is InChI=1S/C44H71NO7/c1-6-8-10-12-14-16-18-20-21-23-25-27-29-31-33-35-43(47)52-40(38-50-37-36-41(44(48)49)45(3,4)5)39-51-42(46)34-32-30-28-26-24-22-19-17-15-13-11-9-7-2/h8,10-11,13-14,16-17,19-21,25,27,31,33,40-41H,6-7,9,12,15,18,22-24,26,28-30,32,34-39H2,1-5H3/p+1/b10-8-,13-11-,16-14-,19-17-,21-20-,27-25-,33-31-. The van der Waals surface area contributed by atoms with E-state index in [9.17, 15) is 19.5 Å². The highest BCUT2D eigenvalue weighted by molar-refractivity contribution is 5.72. The van der Waals surface area contributed by atoms with Crippen LogP contribution in [0.15, 0.2) is 85.1 Å². The monoisotopic (exact) mass is 727 g/mol. The SMILES string of the molecule is CC/C=C\C/C=C\C/C=C\C/C=C\C/C=C\CC(=O)OC(COCCC(C(=O)O)[N+](C)(C)C)COC(=O)CCCCCCC/C=C\C/C=C\CCC. The highest BCUT2D eigenvalue weighted by Gasteiger charge is 2.31. The molecule has 294 valence electrons. The van der Waals surface area contributed by atoms with Gasteiger partial charge in [0.15, 0.2) is 12.1 Å². The molecule has 0 aromatic carbocycles. The lowest BCUT2D eigenvalue weighted by molar-refractivity contribution is -0.887. The Bertz CT molecular complexity index is 1120. The molecular weight excluding hydrogens is 654 g/mol. The molecule has 0 fully saturated rings. The van der Waals surface area contributed by atoms with Crippen LogP contribution in [0.5, 0.6) is 0 Å². The topological polar surface area (TPSA) is 99.1 Å². The molecule has 1 N–H and O–H groups in total. The normalized spacial score (nSPS) is 13.9. The van der Waals surface area contributed by atoms with Crippen molar-refractivity contribution in [2.24, 2.45) is 0 Å². The first-order chi connectivity index (χ1) is 25.1. The van der Waals surface area contributed by atoms with Gasteiger partial charge in [0.2, 0.25) is 0 Å². The summed E-state index contributed by atoms with van der Waals surface area (Å²) < 4.78 is 17.1. The third kappa shape index (κ3) is 32.4. The van der Waals surface area contributed by atoms with Gasteiger partial charge in [-0.1, -0.05) is 125 Å². The lowest BCUT2D eigenvalue weighted by Gasteiger charge is -2.31. The molecule has 0 spiro atoms. The van der Waals surface area contributed by atoms with Crippen molar-refractivity contribution in [2.75, 3.05) is 41.0 Å². The van der Waals surface area contributed by atoms with E-state index in [1.807, 2.05) is 27.2 Å². The third-order valence-electron chi connectivity index (χ3n) is 8.04. The molecule has 0 saturated heterocycles. The number of rotatable bonds is 33. The first-order valence-corrected chi connectivity index (χ1v) is 19.6. The molecule has 0 radical (unpaired) electrons. The Balaban J connectivity index is 4.60. The highest BCUT2D eigenvalue weighted by Crippen LogP contribution is 2.11. The number of aliphatic carboxylic acids is 1. The Morgan fingerprint density at radius 1 is 0.615 bits per heavy atom. The molecule has 0 aliphatic rings. The number of hydrogen-bond donors (Lipinski definition) is 1. The number of carboxylic acids is 1. The molecular formula is C44H72NO7+. The van der Waals surface area contributed by atoms with Crippen LogP contribution in [0.2, 0.25) is 0 Å². The van der Waals surface area contributed by atoms with Crippen LogP contribution in [0.4, 0.5) is 0 Å². The second kappa shape index (κ2) is 34.6. The predicted octanol–water partition coefficient (Wildman–Crippen LogP) is 10.2. The summed E-state index contributed by atoms with van der Waals surface area (Å²) >= 11 is 0. The number of carboxylic acid groups (broad SMARTS) is 1. The molecule has 0 amide bonds. The summed E-state index contributed by atoms with van der Waals surface area (Å²) in [6.45, 7) is 4.40. The van der Waals surface area contributed by atoms with Crippen molar-refractivity contribution in [3.63, 3.8) is 0 Å². The van der Waals surface area contributed by atoms with Crippen LogP contribution in [-0.2, 0) is 28.6 Å². The lowest BCUT2D eigenvalue weighted by atomic mass is 10.1. The van der Waals surface area contributed by atoms with E-state index >= 15 is 0 Å². The molecule has 8 heteroatoms. The maximum Gasteiger partial charge on any atom is 0.362 e. The Labute approximate surface area is 316 Å². The van der Waals surface area contributed by atoms with Crippen molar-refractivity contribution in [1.82, 2.24) is 0 Å². The van der Waals surface area contributed by atoms with Crippen molar-refractivity contribution in [3.05, 3.63) is 85.1 Å². The van der Waals surface area contributed by atoms with Gasteiger partial charge >= 0.3 is 17.9 Å². The summed E-state index contributed by atoms with van der Waals surface area (Å²) in [5.41, 5.74) is 0.